The molecular formula is C15H27N3O. The van der Waals surface area contributed by atoms with Gasteiger partial charge in [-0.1, -0.05) is 13.8 Å². The summed E-state index contributed by atoms with van der Waals surface area (Å²) in [6, 6.07) is 4.82. The minimum Gasteiger partial charge on any atom is -0.383 e. The summed E-state index contributed by atoms with van der Waals surface area (Å²) in [6.07, 6.45) is 4.18. The monoisotopic (exact) mass is 265 g/mol. The number of anilines is 1. The van der Waals surface area contributed by atoms with Gasteiger partial charge in [0, 0.05) is 38.1 Å². The Morgan fingerprint density at radius 2 is 2.11 bits per heavy atom. The highest BCUT2D eigenvalue weighted by atomic mass is 16.5. The highest BCUT2D eigenvalue weighted by Crippen LogP contribution is 2.20. The van der Waals surface area contributed by atoms with Gasteiger partial charge in [-0.3, -0.25) is 4.98 Å². The van der Waals surface area contributed by atoms with Gasteiger partial charge in [-0.15, -0.1) is 0 Å². The Labute approximate surface area is 117 Å². The van der Waals surface area contributed by atoms with Gasteiger partial charge in [0.2, 0.25) is 0 Å². The third-order valence-corrected chi connectivity index (χ3v) is 3.41. The molecule has 0 unspecified atom stereocenters. The van der Waals surface area contributed by atoms with Gasteiger partial charge >= 0.3 is 0 Å². The summed E-state index contributed by atoms with van der Waals surface area (Å²) >= 11 is 0. The van der Waals surface area contributed by atoms with E-state index in [1.807, 2.05) is 13.2 Å². The second-order valence-electron chi connectivity index (χ2n) is 4.69. The number of pyridine rings is 1. The summed E-state index contributed by atoms with van der Waals surface area (Å²) < 4.78 is 5.24. The molecule has 1 N–H and O–H groups in total. The van der Waals surface area contributed by atoms with Crippen LogP contribution in [0.15, 0.2) is 18.3 Å². The minimum absolute atomic E-state index is 0.556. The van der Waals surface area contributed by atoms with Crippen LogP contribution in [0.1, 0.15) is 32.4 Å². The molecule has 4 heteroatoms. The minimum atomic E-state index is 0.556. The fourth-order valence-corrected chi connectivity index (χ4v) is 2.36. The molecule has 0 aromatic carbocycles. The number of methoxy groups -OCH3 is 1. The predicted molar refractivity (Wildman–Crippen MR) is 80.6 cm³/mol. The van der Waals surface area contributed by atoms with E-state index in [0.29, 0.717) is 6.04 Å². The van der Waals surface area contributed by atoms with E-state index in [9.17, 15) is 0 Å². The third kappa shape index (κ3) is 4.80. The maximum absolute atomic E-state index is 5.24. The number of ether oxygens (including phenoxy) is 1. The van der Waals surface area contributed by atoms with Crippen LogP contribution >= 0.6 is 0 Å². The van der Waals surface area contributed by atoms with E-state index in [-0.39, 0.29) is 0 Å². The summed E-state index contributed by atoms with van der Waals surface area (Å²) in [5.74, 6) is 0. The van der Waals surface area contributed by atoms with Crippen LogP contribution in [0.2, 0.25) is 0 Å². The first-order chi connectivity index (χ1) is 9.26. The number of aromatic nitrogens is 1. The molecule has 0 radical (unpaired) electrons. The third-order valence-electron chi connectivity index (χ3n) is 3.41. The molecule has 108 valence electrons. The molecule has 1 aromatic rings. The molecule has 0 saturated carbocycles. The summed E-state index contributed by atoms with van der Waals surface area (Å²) in [5, 5.41) is 3.14. The fourth-order valence-electron chi connectivity index (χ4n) is 2.36. The molecule has 0 amide bonds. The molecule has 1 rings (SSSR count). The van der Waals surface area contributed by atoms with Gasteiger partial charge in [0.15, 0.2) is 0 Å². The van der Waals surface area contributed by atoms with E-state index in [4.69, 9.17) is 4.74 Å². The Morgan fingerprint density at radius 3 is 2.68 bits per heavy atom. The van der Waals surface area contributed by atoms with Gasteiger partial charge in [-0.2, -0.15) is 0 Å². The second kappa shape index (κ2) is 8.88. The zero-order valence-corrected chi connectivity index (χ0v) is 12.6. The second-order valence-corrected chi connectivity index (χ2v) is 4.69. The van der Waals surface area contributed by atoms with Crippen LogP contribution in [0.4, 0.5) is 5.69 Å². The van der Waals surface area contributed by atoms with Gasteiger partial charge in [-0.25, -0.2) is 0 Å². The number of hydrogen-bond donors (Lipinski definition) is 1. The summed E-state index contributed by atoms with van der Waals surface area (Å²) in [6.45, 7) is 6.95. The Morgan fingerprint density at radius 1 is 1.37 bits per heavy atom. The highest BCUT2D eigenvalue weighted by Gasteiger charge is 2.15. The topological polar surface area (TPSA) is 37.4 Å². The van der Waals surface area contributed by atoms with E-state index < -0.39 is 0 Å². The molecule has 0 atom stereocenters. The van der Waals surface area contributed by atoms with E-state index in [1.165, 1.54) is 5.69 Å². The first-order valence-electron chi connectivity index (χ1n) is 7.11. The number of rotatable bonds is 9. The quantitative estimate of drug-likeness (QED) is 0.744. The van der Waals surface area contributed by atoms with Crippen molar-refractivity contribution in [2.45, 2.75) is 39.3 Å². The first-order valence-corrected chi connectivity index (χ1v) is 7.11. The van der Waals surface area contributed by atoms with Crippen LogP contribution in [-0.4, -0.2) is 38.3 Å². The van der Waals surface area contributed by atoms with Crippen molar-refractivity contribution >= 4 is 5.69 Å². The lowest BCUT2D eigenvalue weighted by molar-refractivity contribution is 0.202. The van der Waals surface area contributed by atoms with E-state index in [1.54, 1.807) is 7.11 Å². The van der Waals surface area contributed by atoms with Gasteiger partial charge in [-0.05, 0) is 32.0 Å². The molecule has 0 aliphatic carbocycles. The Hall–Kier alpha value is -1.13. The molecule has 0 aliphatic heterocycles. The van der Waals surface area contributed by atoms with E-state index in [2.05, 4.69) is 41.2 Å². The zero-order valence-electron chi connectivity index (χ0n) is 12.6. The molecule has 1 aromatic heterocycles. The molecular weight excluding hydrogens is 238 g/mol. The lowest BCUT2D eigenvalue weighted by Crippen LogP contribution is -2.37. The Balaban J connectivity index is 2.91. The van der Waals surface area contributed by atoms with Gasteiger partial charge < -0.3 is 15.0 Å². The zero-order chi connectivity index (χ0) is 14.1. The fraction of sp³-hybridized carbons (Fsp3) is 0.667. The predicted octanol–water partition coefficient (Wildman–Crippen LogP) is 2.44. The highest BCUT2D eigenvalue weighted by molar-refractivity contribution is 5.47. The van der Waals surface area contributed by atoms with Crippen LogP contribution in [0.25, 0.3) is 0 Å². The summed E-state index contributed by atoms with van der Waals surface area (Å²) in [5.41, 5.74) is 2.32. The molecule has 0 aliphatic rings. The lowest BCUT2D eigenvalue weighted by atomic mass is 10.1. The molecule has 0 spiro atoms. The summed E-state index contributed by atoms with van der Waals surface area (Å²) in [4.78, 5) is 6.82. The van der Waals surface area contributed by atoms with Crippen molar-refractivity contribution in [2.75, 3.05) is 32.2 Å². The maximum atomic E-state index is 5.24. The molecule has 0 bridgehead atoms. The lowest BCUT2D eigenvalue weighted by Gasteiger charge is -2.32. The van der Waals surface area contributed by atoms with Crippen molar-refractivity contribution in [3.8, 4) is 0 Å². The SMILES string of the molecule is CCC(CC)N(CCOC)c1ccnc(CNC)c1. The molecule has 4 nitrogen and oxygen atoms in total. The Bertz CT molecular complexity index is 353. The first kappa shape index (κ1) is 15.9. The molecule has 19 heavy (non-hydrogen) atoms. The van der Waals surface area contributed by atoms with Gasteiger partial charge in [0.1, 0.15) is 0 Å². The molecule has 0 saturated heterocycles. The standard InChI is InChI=1S/C15H27N3O/c1-5-14(6-2)18(9-10-19-4)15-7-8-17-13(11-15)12-16-3/h7-8,11,14,16H,5-6,9-10,12H2,1-4H3. The number of hydrogen-bond acceptors (Lipinski definition) is 4. The number of nitrogens with zero attached hydrogens (tertiary/aromatic N) is 2. The van der Waals surface area contributed by atoms with Gasteiger partial charge in [0.25, 0.3) is 0 Å². The smallest absolute Gasteiger partial charge is 0.0637 e. The van der Waals surface area contributed by atoms with Crippen molar-refractivity contribution < 1.29 is 4.74 Å². The average molecular weight is 265 g/mol. The molecule has 0 fully saturated rings. The van der Waals surface area contributed by atoms with Crippen molar-refractivity contribution in [3.05, 3.63) is 24.0 Å². The van der Waals surface area contributed by atoms with Crippen molar-refractivity contribution in [3.63, 3.8) is 0 Å². The number of nitrogens with one attached hydrogen (secondary N) is 1. The van der Waals surface area contributed by atoms with Crippen molar-refractivity contribution in [2.24, 2.45) is 0 Å². The van der Waals surface area contributed by atoms with E-state index in [0.717, 1.165) is 38.2 Å². The van der Waals surface area contributed by atoms with Gasteiger partial charge in [0.05, 0.1) is 12.3 Å². The maximum Gasteiger partial charge on any atom is 0.0637 e. The summed E-state index contributed by atoms with van der Waals surface area (Å²) in [7, 11) is 3.70. The largest absolute Gasteiger partial charge is 0.383 e. The normalized spacial score (nSPS) is 11.0. The van der Waals surface area contributed by atoms with E-state index >= 15 is 0 Å². The van der Waals surface area contributed by atoms with Crippen LogP contribution in [0.5, 0.6) is 0 Å². The van der Waals surface area contributed by atoms with Crippen LogP contribution in [0.3, 0.4) is 0 Å². The van der Waals surface area contributed by atoms with Crippen LogP contribution < -0.4 is 10.2 Å². The van der Waals surface area contributed by atoms with Crippen LogP contribution in [-0.2, 0) is 11.3 Å². The van der Waals surface area contributed by atoms with Crippen molar-refractivity contribution in [1.82, 2.24) is 10.3 Å². The average Bonchev–Trinajstić information content (AvgIpc) is 2.44. The van der Waals surface area contributed by atoms with Crippen molar-refractivity contribution in [1.29, 1.82) is 0 Å². The van der Waals surface area contributed by atoms with Crippen LogP contribution in [0, 0.1) is 0 Å². The Kier molecular flexibility index (Phi) is 7.45. The molecule has 1 heterocycles.